The second-order valence-corrected chi connectivity index (χ2v) is 6.72. The fourth-order valence-electron chi connectivity index (χ4n) is 3.36. The van der Waals surface area contributed by atoms with Crippen molar-refractivity contribution in [2.24, 2.45) is 0 Å². The number of hydrogen-bond acceptors (Lipinski definition) is 5. The summed E-state index contributed by atoms with van der Waals surface area (Å²) in [4.78, 5) is 11.4. The van der Waals surface area contributed by atoms with Gasteiger partial charge in [-0.25, -0.2) is 4.98 Å². The average Bonchev–Trinajstić information content (AvgIpc) is 3.11. The lowest BCUT2D eigenvalue weighted by molar-refractivity contribution is -0.141. The van der Waals surface area contributed by atoms with Crippen LogP contribution in [0.4, 0.5) is 24.9 Å². The van der Waals surface area contributed by atoms with Gasteiger partial charge in [0.05, 0.1) is 18.0 Å². The van der Waals surface area contributed by atoms with Gasteiger partial charge in [0.15, 0.2) is 5.69 Å². The van der Waals surface area contributed by atoms with Crippen LogP contribution in [0.1, 0.15) is 30.0 Å². The van der Waals surface area contributed by atoms with Crippen LogP contribution in [-0.4, -0.2) is 36.6 Å². The maximum absolute atomic E-state index is 13.3. The second-order valence-electron chi connectivity index (χ2n) is 6.72. The van der Waals surface area contributed by atoms with E-state index >= 15 is 0 Å². The van der Waals surface area contributed by atoms with E-state index in [9.17, 15) is 18.4 Å². The van der Waals surface area contributed by atoms with Gasteiger partial charge in [-0.15, -0.1) is 0 Å². The quantitative estimate of drug-likeness (QED) is 0.813. The lowest BCUT2D eigenvalue weighted by atomic mass is 9.91. The van der Waals surface area contributed by atoms with Crippen molar-refractivity contribution in [3.05, 3.63) is 47.7 Å². The molecule has 0 radical (unpaired) electrons. The molecule has 0 bridgehead atoms. The van der Waals surface area contributed by atoms with Gasteiger partial charge in [-0.2, -0.15) is 23.4 Å². The molecule has 2 heterocycles. The second kappa shape index (κ2) is 7.43. The fraction of sp³-hybridized carbons (Fsp3) is 0.421. The molecular formula is C19H20F3N5. The predicted octanol–water partition coefficient (Wildman–Crippen LogP) is 3.84. The molecule has 142 valence electrons. The lowest BCUT2D eigenvalue weighted by Gasteiger charge is -2.29. The monoisotopic (exact) mass is 375 g/mol. The molecule has 0 aliphatic carbocycles. The molecule has 3 rings (SSSR count). The number of hydrogen-bond donors (Lipinski definition) is 0. The summed E-state index contributed by atoms with van der Waals surface area (Å²) in [5, 5.41) is 9.73. The number of nitriles is 1. The van der Waals surface area contributed by atoms with Crippen LogP contribution in [0.25, 0.3) is 0 Å². The average molecular weight is 375 g/mol. The SMILES string of the molecule is CN(C)c1cc(C(F)(F)F)nc(N2CCCC2C(C#N)c2ccccc2)n1. The summed E-state index contributed by atoms with van der Waals surface area (Å²) in [5.74, 6) is -0.256. The maximum atomic E-state index is 13.3. The molecule has 1 aromatic heterocycles. The molecule has 0 saturated carbocycles. The van der Waals surface area contributed by atoms with Gasteiger partial charge in [0, 0.05) is 26.7 Å². The van der Waals surface area contributed by atoms with E-state index < -0.39 is 17.8 Å². The number of aromatic nitrogens is 2. The van der Waals surface area contributed by atoms with Gasteiger partial charge in [0.25, 0.3) is 0 Å². The predicted molar refractivity (Wildman–Crippen MR) is 96.5 cm³/mol. The molecule has 0 N–H and O–H groups in total. The lowest BCUT2D eigenvalue weighted by Crippen LogP contribution is -2.36. The van der Waals surface area contributed by atoms with Crippen molar-refractivity contribution in [3.8, 4) is 6.07 Å². The highest BCUT2D eigenvalue weighted by atomic mass is 19.4. The Bertz CT molecular complexity index is 829. The number of nitrogens with zero attached hydrogens (tertiary/aromatic N) is 5. The molecule has 1 aromatic carbocycles. The molecular weight excluding hydrogens is 355 g/mol. The van der Waals surface area contributed by atoms with Crippen LogP contribution in [-0.2, 0) is 6.18 Å². The van der Waals surface area contributed by atoms with Gasteiger partial charge in [-0.3, -0.25) is 0 Å². The first-order chi connectivity index (χ1) is 12.8. The number of benzene rings is 1. The van der Waals surface area contributed by atoms with Crippen LogP contribution in [0, 0.1) is 11.3 Å². The summed E-state index contributed by atoms with van der Waals surface area (Å²) in [5.41, 5.74) is -0.133. The number of anilines is 2. The van der Waals surface area contributed by atoms with Crippen molar-refractivity contribution in [1.82, 2.24) is 9.97 Å². The summed E-state index contributed by atoms with van der Waals surface area (Å²) >= 11 is 0. The van der Waals surface area contributed by atoms with Crippen molar-refractivity contribution in [2.45, 2.75) is 31.0 Å². The standard InChI is InChI=1S/C19H20F3N5/c1-26(2)17-11-16(19(20,21)22)24-18(25-17)27-10-6-9-15(27)14(12-23)13-7-4-3-5-8-13/h3-5,7-8,11,14-15H,6,9-10H2,1-2H3. The minimum absolute atomic E-state index is 0.0206. The fourth-order valence-corrected chi connectivity index (χ4v) is 3.36. The first-order valence-corrected chi connectivity index (χ1v) is 8.66. The normalized spacial score (nSPS) is 18.2. The molecule has 1 aliphatic heterocycles. The van der Waals surface area contributed by atoms with Crippen molar-refractivity contribution in [2.75, 3.05) is 30.4 Å². The highest BCUT2D eigenvalue weighted by molar-refractivity contribution is 5.48. The Kier molecular flexibility index (Phi) is 5.22. The van der Waals surface area contributed by atoms with Gasteiger partial charge < -0.3 is 9.80 Å². The minimum Gasteiger partial charge on any atom is -0.363 e. The number of alkyl halides is 3. The smallest absolute Gasteiger partial charge is 0.363 e. The van der Waals surface area contributed by atoms with E-state index in [2.05, 4.69) is 16.0 Å². The summed E-state index contributed by atoms with van der Waals surface area (Å²) in [6.07, 6.45) is -3.09. The largest absolute Gasteiger partial charge is 0.433 e. The summed E-state index contributed by atoms with van der Waals surface area (Å²) < 4.78 is 39.9. The van der Waals surface area contributed by atoms with Crippen LogP contribution in [0.2, 0.25) is 0 Å². The summed E-state index contributed by atoms with van der Waals surface area (Å²) in [6.45, 7) is 0.518. The van der Waals surface area contributed by atoms with E-state index in [-0.39, 0.29) is 17.8 Å². The highest BCUT2D eigenvalue weighted by Crippen LogP contribution is 2.36. The molecule has 1 aliphatic rings. The zero-order chi connectivity index (χ0) is 19.6. The number of rotatable bonds is 4. The number of halogens is 3. The molecule has 5 nitrogen and oxygen atoms in total. The van der Waals surface area contributed by atoms with Crippen LogP contribution >= 0.6 is 0 Å². The highest BCUT2D eigenvalue weighted by Gasteiger charge is 2.38. The Morgan fingerprint density at radius 3 is 2.52 bits per heavy atom. The van der Waals surface area contributed by atoms with Crippen molar-refractivity contribution in [3.63, 3.8) is 0 Å². The molecule has 2 aromatic rings. The van der Waals surface area contributed by atoms with E-state index in [0.717, 1.165) is 18.1 Å². The van der Waals surface area contributed by atoms with Crippen molar-refractivity contribution in [1.29, 1.82) is 5.26 Å². The van der Waals surface area contributed by atoms with E-state index in [4.69, 9.17) is 0 Å². The Hall–Kier alpha value is -2.82. The van der Waals surface area contributed by atoms with Gasteiger partial charge in [-0.1, -0.05) is 30.3 Å². The Morgan fingerprint density at radius 2 is 1.93 bits per heavy atom. The third-order valence-electron chi connectivity index (χ3n) is 4.69. The van der Waals surface area contributed by atoms with E-state index in [1.165, 1.54) is 4.90 Å². The first kappa shape index (κ1) is 19.0. The summed E-state index contributed by atoms with van der Waals surface area (Å²) in [7, 11) is 3.27. The zero-order valence-electron chi connectivity index (χ0n) is 15.1. The third kappa shape index (κ3) is 3.97. The minimum atomic E-state index is -4.56. The topological polar surface area (TPSA) is 56.1 Å². The Balaban J connectivity index is 2.02. The Morgan fingerprint density at radius 1 is 1.22 bits per heavy atom. The molecule has 1 fully saturated rings. The molecule has 8 heteroatoms. The van der Waals surface area contributed by atoms with Gasteiger partial charge in [-0.05, 0) is 18.4 Å². The van der Waals surface area contributed by atoms with Crippen LogP contribution in [0.3, 0.4) is 0 Å². The third-order valence-corrected chi connectivity index (χ3v) is 4.69. The van der Waals surface area contributed by atoms with Crippen LogP contribution in [0.15, 0.2) is 36.4 Å². The zero-order valence-corrected chi connectivity index (χ0v) is 15.1. The van der Waals surface area contributed by atoms with Crippen molar-refractivity contribution >= 4 is 11.8 Å². The van der Waals surface area contributed by atoms with E-state index in [1.807, 2.05) is 30.3 Å². The molecule has 27 heavy (non-hydrogen) atoms. The van der Waals surface area contributed by atoms with Crippen molar-refractivity contribution < 1.29 is 13.2 Å². The first-order valence-electron chi connectivity index (χ1n) is 8.66. The molecule has 2 unspecified atom stereocenters. The van der Waals surface area contributed by atoms with Crippen LogP contribution < -0.4 is 9.80 Å². The van der Waals surface area contributed by atoms with E-state index in [1.54, 1.807) is 19.0 Å². The molecule has 0 spiro atoms. The molecule has 0 amide bonds. The van der Waals surface area contributed by atoms with Gasteiger partial charge in [0.1, 0.15) is 5.82 Å². The molecule has 2 atom stereocenters. The molecule has 1 saturated heterocycles. The Labute approximate surface area is 156 Å². The van der Waals surface area contributed by atoms with E-state index in [0.29, 0.717) is 13.0 Å². The van der Waals surface area contributed by atoms with Crippen LogP contribution in [0.5, 0.6) is 0 Å². The van der Waals surface area contributed by atoms with Gasteiger partial charge in [0.2, 0.25) is 5.95 Å². The maximum Gasteiger partial charge on any atom is 0.433 e. The van der Waals surface area contributed by atoms with Gasteiger partial charge >= 0.3 is 6.18 Å². The summed E-state index contributed by atoms with van der Waals surface area (Å²) in [6, 6.07) is 12.3.